The summed E-state index contributed by atoms with van der Waals surface area (Å²) in [6.45, 7) is 36.2. The van der Waals surface area contributed by atoms with Gasteiger partial charge in [-0.15, -0.1) is 0 Å². The number of nitrogens with one attached hydrogen (secondary N) is 5. The summed E-state index contributed by atoms with van der Waals surface area (Å²) in [5.74, 6) is 0.337. The number of carboxylic acids is 2. The Hall–Kier alpha value is -3.61. The molecular weight excluding hydrogens is 1480 g/mol. The van der Waals surface area contributed by atoms with Crippen LogP contribution >= 0.6 is 11.9 Å². The standard InChI is InChI=1S/C16H27NO3.C15H28N2O4.C13H23NO4.C13H21NO4.C12H20O2.C3H5.C2H7NO.3CH4.BrH.ClO.Mg.Na/c1-11(2)14(18)13(10-12-8-6-7-9-12)17-15(19)20-16(3,4)5;1-15(2,3)21-14(19)16-12(13(18)17(4)20-5)10-11-8-6-7-9-11;2*1-13(2,3)18-12(17)14-10(11(15)16)8-9-6-4-5-7-9;1-9(7-10-5-3-4-6-10)11(13)12(2)8-14-12;1-3-2;1-3-4-2;;;;;1-2;;/h12-13H,1,6-10H2,2-5H3,(H,17,19);11-12H,6-10H2,1-5H3,(H,16,19);9-10H,4-8H2,1-3H3,(H,14,17)(H,15,16);6,10H,4-5,7-8H2,1-3H3,(H,14,17)(H,15,16);9-10H,3-8H2,1-2H3;1H2,2H3;3H,1-2H3;3*1H4;1H;;;/q;;;;;-1;;;;;;-1;+2;+1/p-1/t13-;12-;2*10-;9-,12+;;;;;;;;;/m00000........./s1. The number of epoxide rings is 1. The summed E-state index contributed by atoms with van der Waals surface area (Å²) < 4.78 is 33.5. The van der Waals surface area contributed by atoms with E-state index in [2.05, 4.69) is 69.6 Å². The van der Waals surface area contributed by atoms with Crippen LogP contribution in [0.1, 0.15) is 287 Å². The molecule has 25 nitrogen and oxygen atoms in total. The van der Waals surface area contributed by atoms with E-state index in [0.29, 0.717) is 61.4 Å². The number of alkyl carbamates (subject to hydrolysis) is 4. The second-order valence-electron chi connectivity index (χ2n) is 30.7. The molecule has 6 rings (SSSR count). The predicted molar refractivity (Wildman–Crippen MR) is 411 cm³/mol. The Labute approximate surface area is 693 Å². The third-order valence-electron chi connectivity index (χ3n) is 16.6. The number of carbonyl (C=O) groups excluding carboxylic acids is 7. The molecule has 612 valence electrons. The van der Waals surface area contributed by atoms with Gasteiger partial charge >= 0.3 is 88.9 Å². The largest absolute Gasteiger partial charge is 2.00 e. The van der Waals surface area contributed by atoms with Crippen LogP contribution in [0, 0.1) is 35.7 Å². The molecule has 0 bridgehead atoms. The maximum Gasteiger partial charge on any atom is 2.00 e. The first kappa shape index (κ1) is 118. The first-order chi connectivity index (χ1) is 46.4. The molecule has 0 radical (unpaired) electrons. The molecule has 1 aliphatic heterocycles. The van der Waals surface area contributed by atoms with Crippen LogP contribution < -0.4 is 77.9 Å². The van der Waals surface area contributed by atoms with Crippen LogP contribution in [0.5, 0.6) is 0 Å². The fourth-order valence-corrected chi connectivity index (χ4v) is 11.8. The molecule has 0 unspecified atom stereocenters. The molecule has 0 aromatic rings. The van der Waals surface area contributed by atoms with Gasteiger partial charge in [0.05, 0.1) is 26.9 Å². The van der Waals surface area contributed by atoms with Crippen molar-refractivity contribution in [1.82, 2.24) is 31.8 Å². The van der Waals surface area contributed by atoms with Gasteiger partial charge in [-0.3, -0.25) is 25.8 Å². The summed E-state index contributed by atoms with van der Waals surface area (Å²) >= 11 is 3.39. The van der Waals surface area contributed by atoms with Gasteiger partial charge in [0.25, 0.3) is 5.91 Å². The minimum atomic E-state index is -1.03. The van der Waals surface area contributed by atoms with E-state index in [1.54, 1.807) is 118 Å². The average molecular weight is 1620 g/mol. The van der Waals surface area contributed by atoms with E-state index in [9.17, 15) is 43.2 Å². The normalized spacial score (nSPS) is 17.8. The number of Topliss-reactive ketones (excluding diaryl/α,β-unsaturated/α-hetero) is 2. The molecule has 4 saturated carbocycles. The van der Waals surface area contributed by atoms with Gasteiger partial charge in [-0.2, -0.15) is 6.92 Å². The van der Waals surface area contributed by atoms with Crippen LogP contribution in [-0.4, -0.2) is 179 Å². The van der Waals surface area contributed by atoms with Gasteiger partial charge < -0.3 is 87.7 Å². The van der Waals surface area contributed by atoms with Crippen molar-refractivity contribution in [2.24, 2.45) is 29.6 Å². The summed E-state index contributed by atoms with van der Waals surface area (Å²) in [7, 11) is 6.25. The Bertz CT molecular complexity index is 2500. The average Bonchev–Trinajstić information content (AvgIpc) is 1.64. The predicted octanol–water partition coefficient (Wildman–Crippen LogP) is 9.45. The first-order valence-corrected chi connectivity index (χ1v) is 35.8. The first-order valence-electron chi connectivity index (χ1n) is 35.5. The van der Waals surface area contributed by atoms with Gasteiger partial charge in [-0.1, -0.05) is 150 Å². The molecule has 5 amide bonds. The van der Waals surface area contributed by atoms with E-state index in [0.717, 1.165) is 93.6 Å². The summed E-state index contributed by atoms with van der Waals surface area (Å²) in [5, 5.41) is 29.6. The number of amides is 5. The monoisotopic (exact) mass is 1620 g/mol. The summed E-state index contributed by atoms with van der Waals surface area (Å²) in [4.78, 5) is 115. The second kappa shape index (κ2) is 62.0. The molecule has 6 aliphatic rings. The number of carbonyl (C=O) groups is 9. The minimum absolute atomic E-state index is 0. The fraction of sp³-hybridized carbons (Fsp3) is 0.805. The number of allylic oxidation sites excluding steroid dienone is 2. The molecular formula is C77H143BrClMgN6NaO19. The van der Waals surface area contributed by atoms with Crippen molar-refractivity contribution in [3.05, 3.63) is 36.5 Å². The van der Waals surface area contributed by atoms with Crippen molar-refractivity contribution in [3.63, 3.8) is 0 Å². The van der Waals surface area contributed by atoms with Crippen LogP contribution in [0.3, 0.4) is 0 Å². The molecule has 6 atom stereocenters. The third kappa shape index (κ3) is 59.2. The number of rotatable bonds is 23. The minimum Gasteiger partial charge on any atom is -1.00 e. The number of hydrogen-bond acceptors (Lipinski definition) is 18. The van der Waals surface area contributed by atoms with Crippen molar-refractivity contribution < 1.29 is 138 Å². The van der Waals surface area contributed by atoms with Crippen molar-refractivity contribution in [1.29, 1.82) is 0 Å². The Kier molecular flexibility index (Phi) is 69.1. The number of nitrogens with zero attached hydrogens (tertiary/aromatic N) is 1. The van der Waals surface area contributed by atoms with Gasteiger partial charge in [0.1, 0.15) is 46.1 Å². The van der Waals surface area contributed by atoms with Gasteiger partial charge in [0, 0.05) is 20.0 Å². The van der Waals surface area contributed by atoms with E-state index in [4.69, 9.17) is 43.4 Å². The van der Waals surface area contributed by atoms with E-state index >= 15 is 0 Å². The fourth-order valence-electron chi connectivity index (χ4n) is 11.8. The summed E-state index contributed by atoms with van der Waals surface area (Å²) in [6.07, 6.45) is 27.4. The Morgan fingerprint density at radius 1 is 0.613 bits per heavy atom. The van der Waals surface area contributed by atoms with Crippen LogP contribution in [0.4, 0.5) is 19.2 Å². The molecule has 0 spiro atoms. The zero-order valence-corrected chi connectivity index (χ0v) is 72.4. The number of ketones is 2. The molecule has 5 aliphatic carbocycles. The Balaban J connectivity index is -0.000000181. The van der Waals surface area contributed by atoms with Gasteiger partial charge in [-0.25, -0.2) is 51.2 Å². The number of carboxylic acid groups (broad SMARTS) is 2. The number of aliphatic carboxylic acids is 2. The third-order valence-corrected chi connectivity index (χ3v) is 16.6. The smallest absolute Gasteiger partial charge is 1.00 e. The Morgan fingerprint density at radius 3 is 1.16 bits per heavy atom. The molecule has 0 aromatic heterocycles. The van der Waals surface area contributed by atoms with E-state index < -0.39 is 88.5 Å². The number of likely N-dealkylation sites (N-methyl/N-ethyl adjacent to an activating group) is 1. The Morgan fingerprint density at radius 2 is 0.896 bits per heavy atom. The summed E-state index contributed by atoms with van der Waals surface area (Å²) in [5.41, 5.74) is 1.22. The van der Waals surface area contributed by atoms with Gasteiger partial charge in [-0.05, 0) is 178 Å². The number of ether oxygens (including phenoxy) is 5. The topological polar surface area (TPSA) is 348 Å². The van der Waals surface area contributed by atoms with Crippen molar-refractivity contribution in [3.8, 4) is 0 Å². The maximum atomic E-state index is 12.3. The number of hydroxylamine groups is 3. The molecule has 7 N–H and O–H groups in total. The SMILES string of the molecule is C.C.C.C=C(C)C(=O)[C@H](CC1CCCC1)NC(=O)OC(C)(C)C.C=[C-]C.CC(C)(C)OC(=O)N[C@@H](CC1=CCCC1)C(=O)O.CC(C)(C)OC(=O)N[C@@H](CC1CCCC1)C(=O)O.CNOC.CON(C)C(=O)[C@H](CC1CCCC1)NC(=O)OC(C)(C)C.C[C@@H](CC1CCCC1)C(=O)[C@@]1(C)CO1.[Br-].[Mg+2].[Na+].[O-]Cl. The van der Waals surface area contributed by atoms with Crippen LogP contribution in [0.2, 0.25) is 0 Å². The van der Waals surface area contributed by atoms with E-state index in [-0.39, 0.29) is 109 Å². The zero-order valence-electron chi connectivity index (χ0n) is 66.6. The zero-order chi connectivity index (χ0) is 77.2. The van der Waals surface area contributed by atoms with Gasteiger partial charge in [0.15, 0.2) is 11.6 Å². The molecule has 1 heterocycles. The maximum absolute atomic E-state index is 12.3. The molecule has 29 heteroatoms. The van der Waals surface area contributed by atoms with E-state index in [1.165, 1.54) is 58.5 Å². The summed E-state index contributed by atoms with van der Waals surface area (Å²) in [6, 6.07) is -2.87. The van der Waals surface area contributed by atoms with Crippen LogP contribution in [0.15, 0.2) is 30.4 Å². The molecule has 106 heavy (non-hydrogen) atoms. The van der Waals surface area contributed by atoms with Crippen LogP contribution in [0.25, 0.3) is 0 Å². The van der Waals surface area contributed by atoms with Crippen LogP contribution in [-0.2, 0) is 57.3 Å². The van der Waals surface area contributed by atoms with Crippen molar-refractivity contribution in [2.75, 3.05) is 34.9 Å². The number of hydrogen-bond donors (Lipinski definition) is 7. The van der Waals surface area contributed by atoms with E-state index in [1.807, 2.05) is 13.0 Å². The van der Waals surface area contributed by atoms with Gasteiger partial charge in [0.2, 0.25) is 0 Å². The second-order valence-corrected chi connectivity index (χ2v) is 30.7. The quantitative estimate of drug-likeness (QED) is 0.00952. The molecule has 1 saturated heterocycles. The van der Waals surface area contributed by atoms with Crippen molar-refractivity contribution in [2.45, 2.75) is 339 Å². The number of halogens is 2. The molecule has 0 aromatic carbocycles. The van der Waals surface area contributed by atoms with Crippen molar-refractivity contribution >= 4 is 88.7 Å². The molecule has 5 fully saturated rings.